The number of amides is 1. The molecule has 1 aliphatic heterocycles. The van der Waals surface area contributed by atoms with Gasteiger partial charge in [-0.25, -0.2) is 4.98 Å². The van der Waals surface area contributed by atoms with Gasteiger partial charge in [0.1, 0.15) is 0 Å². The van der Waals surface area contributed by atoms with Crippen molar-refractivity contribution in [2.45, 2.75) is 13.8 Å². The van der Waals surface area contributed by atoms with Gasteiger partial charge in [0.2, 0.25) is 5.91 Å². The van der Waals surface area contributed by atoms with Gasteiger partial charge in [-0.2, -0.15) is 0 Å². The number of rotatable bonds is 4. The molecule has 2 heterocycles. The van der Waals surface area contributed by atoms with Gasteiger partial charge in [-0.1, -0.05) is 26.0 Å². The number of hydrogen-bond acceptors (Lipinski definition) is 4. The zero-order chi connectivity index (χ0) is 16.9. The molecule has 0 unspecified atom stereocenters. The molecule has 1 aromatic carbocycles. The van der Waals surface area contributed by atoms with Crippen molar-refractivity contribution in [1.82, 2.24) is 19.8 Å². The van der Waals surface area contributed by atoms with Crippen molar-refractivity contribution in [1.29, 1.82) is 0 Å². The third kappa shape index (κ3) is 4.17. The van der Waals surface area contributed by atoms with Crippen LogP contribution in [0.25, 0.3) is 17.1 Å². The Morgan fingerprint density at radius 3 is 2.58 bits per heavy atom. The Labute approximate surface area is 143 Å². The first-order chi connectivity index (χ1) is 11.6. The standard InChI is InChI=1S/C19H24N4O/c1-15(2)14-22-9-11-23(12-10-22)19(24)8-7-16-13-20-17-5-3-4-6-18(17)21-16/h3-8,13,15H,9-12,14H2,1-2H3/b8-7+. The molecule has 0 saturated carbocycles. The molecule has 2 aromatic rings. The van der Waals surface area contributed by atoms with Crippen molar-refractivity contribution < 1.29 is 4.79 Å². The number of fused-ring (bicyclic) bond motifs is 1. The van der Waals surface area contributed by atoms with E-state index in [9.17, 15) is 4.79 Å². The Morgan fingerprint density at radius 2 is 1.88 bits per heavy atom. The predicted molar refractivity (Wildman–Crippen MR) is 96.4 cm³/mol. The first-order valence-corrected chi connectivity index (χ1v) is 8.53. The van der Waals surface area contributed by atoms with Crippen molar-refractivity contribution >= 4 is 23.0 Å². The molecule has 126 valence electrons. The molecule has 1 saturated heterocycles. The first kappa shape index (κ1) is 16.6. The van der Waals surface area contributed by atoms with E-state index in [0.717, 1.165) is 43.8 Å². The van der Waals surface area contributed by atoms with Crippen LogP contribution in [0.2, 0.25) is 0 Å². The van der Waals surface area contributed by atoms with Gasteiger partial charge < -0.3 is 4.90 Å². The fourth-order valence-corrected chi connectivity index (χ4v) is 2.98. The third-order valence-electron chi connectivity index (χ3n) is 4.17. The first-order valence-electron chi connectivity index (χ1n) is 8.53. The fourth-order valence-electron chi connectivity index (χ4n) is 2.98. The van der Waals surface area contributed by atoms with Crippen LogP contribution in [-0.2, 0) is 4.79 Å². The minimum absolute atomic E-state index is 0.0501. The molecule has 1 fully saturated rings. The molecule has 1 aliphatic rings. The average Bonchev–Trinajstić information content (AvgIpc) is 2.59. The predicted octanol–water partition coefficient (Wildman–Crippen LogP) is 2.44. The van der Waals surface area contributed by atoms with Crippen molar-refractivity contribution in [2.24, 2.45) is 5.92 Å². The van der Waals surface area contributed by atoms with E-state index < -0.39 is 0 Å². The van der Waals surface area contributed by atoms with E-state index in [1.807, 2.05) is 29.2 Å². The monoisotopic (exact) mass is 324 g/mol. The lowest BCUT2D eigenvalue weighted by Gasteiger charge is -2.35. The van der Waals surface area contributed by atoms with Crippen LogP contribution in [-0.4, -0.2) is 58.4 Å². The van der Waals surface area contributed by atoms with Crippen LogP contribution in [0.15, 0.2) is 36.5 Å². The Kier molecular flexibility index (Phi) is 5.20. The molecule has 0 atom stereocenters. The summed E-state index contributed by atoms with van der Waals surface area (Å²) in [6.45, 7) is 9.04. The minimum atomic E-state index is 0.0501. The molecule has 1 amide bonds. The maximum Gasteiger partial charge on any atom is 0.246 e. The molecule has 0 spiro atoms. The Bertz CT molecular complexity index is 733. The summed E-state index contributed by atoms with van der Waals surface area (Å²) >= 11 is 0. The average molecular weight is 324 g/mol. The van der Waals surface area contributed by atoms with E-state index in [1.165, 1.54) is 0 Å². The zero-order valence-corrected chi connectivity index (χ0v) is 14.4. The van der Waals surface area contributed by atoms with E-state index in [4.69, 9.17) is 0 Å². The van der Waals surface area contributed by atoms with Gasteiger partial charge in [-0.05, 0) is 24.1 Å². The van der Waals surface area contributed by atoms with Crippen LogP contribution >= 0.6 is 0 Å². The van der Waals surface area contributed by atoms with E-state index >= 15 is 0 Å². The minimum Gasteiger partial charge on any atom is -0.337 e. The lowest BCUT2D eigenvalue weighted by molar-refractivity contribution is -0.127. The summed E-state index contributed by atoms with van der Waals surface area (Å²) < 4.78 is 0. The summed E-state index contributed by atoms with van der Waals surface area (Å²) in [5, 5.41) is 0. The number of piperazine rings is 1. The summed E-state index contributed by atoms with van der Waals surface area (Å²) in [5.74, 6) is 0.716. The lowest BCUT2D eigenvalue weighted by Crippen LogP contribution is -2.49. The molecule has 0 N–H and O–H groups in total. The van der Waals surface area contributed by atoms with Crippen molar-refractivity contribution in [3.8, 4) is 0 Å². The molecule has 24 heavy (non-hydrogen) atoms. The largest absolute Gasteiger partial charge is 0.337 e. The number of aromatic nitrogens is 2. The molecule has 0 radical (unpaired) electrons. The third-order valence-corrected chi connectivity index (χ3v) is 4.17. The highest BCUT2D eigenvalue weighted by molar-refractivity contribution is 5.91. The van der Waals surface area contributed by atoms with Crippen LogP contribution in [0, 0.1) is 5.92 Å². The quantitative estimate of drug-likeness (QED) is 0.811. The van der Waals surface area contributed by atoms with Gasteiger partial charge in [0.25, 0.3) is 0 Å². The molecular formula is C19H24N4O. The molecule has 1 aromatic heterocycles. The number of para-hydroxylation sites is 2. The number of carbonyl (C=O) groups is 1. The van der Waals surface area contributed by atoms with Gasteiger partial charge in [-0.3, -0.25) is 14.7 Å². The van der Waals surface area contributed by atoms with Gasteiger partial charge in [0, 0.05) is 38.8 Å². The number of benzene rings is 1. The second-order valence-corrected chi connectivity index (χ2v) is 6.64. The Morgan fingerprint density at radius 1 is 1.17 bits per heavy atom. The second kappa shape index (κ2) is 7.53. The zero-order valence-electron chi connectivity index (χ0n) is 14.4. The maximum absolute atomic E-state index is 12.3. The molecule has 0 aliphatic carbocycles. The highest BCUT2D eigenvalue weighted by atomic mass is 16.2. The van der Waals surface area contributed by atoms with Gasteiger partial charge in [0.15, 0.2) is 0 Å². The molecule has 0 bridgehead atoms. The van der Waals surface area contributed by atoms with Gasteiger partial charge >= 0.3 is 0 Å². The summed E-state index contributed by atoms with van der Waals surface area (Å²) in [7, 11) is 0. The van der Waals surface area contributed by atoms with E-state index in [1.54, 1.807) is 18.3 Å². The SMILES string of the molecule is CC(C)CN1CCN(C(=O)/C=C/c2cnc3ccccc3n2)CC1. The van der Waals surface area contributed by atoms with Crippen molar-refractivity contribution in [3.05, 3.63) is 42.2 Å². The van der Waals surface area contributed by atoms with Crippen LogP contribution in [0.4, 0.5) is 0 Å². The second-order valence-electron chi connectivity index (χ2n) is 6.64. The van der Waals surface area contributed by atoms with Crippen molar-refractivity contribution in [3.63, 3.8) is 0 Å². The lowest BCUT2D eigenvalue weighted by atomic mass is 10.2. The summed E-state index contributed by atoms with van der Waals surface area (Å²) in [5.41, 5.74) is 2.41. The van der Waals surface area contributed by atoms with E-state index in [0.29, 0.717) is 11.6 Å². The highest BCUT2D eigenvalue weighted by Gasteiger charge is 2.19. The smallest absolute Gasteiger partial charge is 0.246 e. The summed E-state index contributed by atoms with van der Waals surface area (Å²) in [6, 6.07) is 7.73. The molecule has 5 heteroatoms. The number of hydrogen-bond donors (Lipinski definition) is 0. The van der Waals surface area contributed by atoms with E-state index in [2.05, 4.69) is 28.7 Å². The van der Waals surface area contributed by atoms with Crippen LogP contribution in [0.5, 0.6) is 0 Å². The number of nitrogens with zero attached hydrogens (tertiary/aromatic N) is 4. The normalized spacial score (nSPS) is 16.4. The molecule has 5 nitrogen and oxygen atoms in total. The summed E-state index contributed by atoms with van der Waals surface area (Å²) in [6.07, 6.45) is 5.06. The van der Waals surface area contributed by atoms with Crippen LogP contribution < -0.4 is 0 Å². The van der Waals surface area contributed by atoms with Gasteiger partial charge in [-0.15, -0.1) is 0 Å². The Hall–Kier alpha value is -2.27. The number of carbonyl (C=O) groups excluding carboxylic acids is 1. The van der Waals surface area contributed by atoms with Crippen LogP contribution in [0.1, 0.15) is 19.5 Å². The fraction of sp³-hybridized carbons (Fsp3) is 0.421. The highest BCUT2D eigenvalue weighted by Crippen LogP contribution is 2.10. The van der Waals surface area contributed by atoms with Crippen molar-refractivity contribution in [2.75, 3.05) is 32.7 Å². The maximum atomic E-state index is 12.3. The van der Waals surface area contributed by atoms with Gasteiger partial charge in [0.05, 0.1) is 22.9 Å². The topological polar surface area (TPSA) is 49.3 Å². The summed E-state index contributed by atoms with van der Waals surface area (Å²) in [4.78, 5) is 25.5. The molecule has 3 rings (SSSR count). The Balaban J connectivity index is 1.59. The van der Waals surface area contributed by atoms with Crippen LogP contribution in [0.3, 0.4) is 0 Å². The van der Waals surface area contributed by atoms with E-state index in [-0.39, 0.29) is 5.91 Å². The molecular weight excluding hydrogens is 300 g/mol.